The Hall–Kier alpha value is -5.49. The molecule has 4 aromatic rings. The summed E-state index contributed by atoms with van der Waals surface area (Å²) in [4.78, 5) is 13.3. The number of anilines is 3. The summed E-state index contributed by atoms with van der Waals surface area (Å²) < 4.78 is 66.4. The Morgan fingerprint density at radius 1 is 0.721 bits per heavy atom. The molecule has 0 unspecified atom stereocenters. The number of aromatic nitrogens is 1. The fourth-order valence-electron chi connectivity index (χ4n) is 6.55. The van der Waals surface area contributed by atoms with Gasteiger partial charge in [-0.05, 0) is 48.2 Å². The fourth-order valence-corrected chi connectivity index (χ4v) is 9.52. The van der Waals surface area contributed by atoms with Gasteiger partial charge in [-0.3, -0.25) is 19.6 Å². The number of pyridine rings is 1. The van der Waals surface area contributed by atoms with Crippen molar-refractivity contribution < 1.29 is 36.7 Å². The number of nitrogens with one attached hydrogen (secondary N) is 2. The van der Waals surface area contributed by atoms with Gasteiger partial charge in [0.05, 0.1) is 22.9 Å². The number of hydrogen-bond donors (Lipinski definition) is 5. The summed E-state index contributed by atoms with van der Waals surface area (Å²) in [5, 5.41) is 40.2. The van der Waals surface area contributed by atoms with Crippen LogP contribution in [0.3, 0.4) is 0 Å². The molecule has 0 atom stereocenters. The van der Waals surface area contributed by atoms with Gasteiger partial charge in [-0.15, -0.1) is 10.2 Å². The van der Waals surface area contributed by atoms with E-state index >= 15 is 0 Å². The third-order valence-corrected chi connectivity index (χ3v) is 12.9. The predicted molar refractivity (Wildman–Crippen MR) is 238 cm³/mol. The van der Waals surface area contributed by atoms with Crippen molar-refractivity contribution in [1.29, 1.82) is 0 Å². The molecule has 0 saturated carbocycles. The molecule has 16 nitrogen and oxygen atoms in total. The van der Waals surface area contributed by atoms with E-state index in [0.29, 0.717) is 17.9 Å². The maximum absolute atomic E-state index is 14.0. The Balaban J connectivity index is 1.45. The van der Waals surface area contributed by atoms with Crippen LogP contribution < -0.4 is 19.9 Å². The van der Waals surface area contributed by atoms with E-state index < -0.39 is 57.3 Å². The number of nitrogen functional groups attached to an aromatic ring is 1. The highest BCUT2D eigenvalue weighted by Crippen LogP contribution is 2.40. The van der Waals surface area contributed by atoms with E-state index in [9.17, 15) is 37.2 Å². The molecule has 0 amide bonds. The average molecular weight is 882 g/mol. The molecule has 0 fully saturated rings. The number of aromatic hydroxyl groups is 2. The zero-order valence-corrected chi connectivity index (χ0v) is 37.0. The summed E-state index contributed by atoms with van der Waals surface area (Å²) in [5.41, 5.74) is 4.41. The summed E-state index contributed by atoms with van der Waals surface area (Å²) in [7, 11) is -9.51. The van der Waals surface area contributed by atoms with Gasteiger partial charge >= 0.3 is 0 Å². The van der Waals surface area contributed by atoms with Gasteiger partial charge in [-0.2, -0.15) is 0 Å². The van der Waals surface area contributed by atoms with Gasteiger partial charge in [0.1, 0.15) is 27.0 Å². The normalized spacial score (nSPS) is 12.1. The monoisotopic (exact) mass is 881 g/mol. The number of phenolic OH excluding ortho intramolecular Hbond substituents is 1. The van der Waals surface area contributed by atoms with E-state index in [0.717, 1.165) is 49.6 Å². The van der Waals surface area contributed by atoms with E-state index in [2.05, 4.69) is 31.6 Å². The van der Waals surface area contributed by atoms with Crippen LogP contribution in [0, 0.1) is 10.1 Å². The number of benzene rings is 3. The zero-order valence-electron chi connectivity index (χ0n) is 35.4. The van der Waals surface area contributed by atoms with Crippen LogP contribution in [-0.2, 0) is 25.5 Å². The number of hydrogen-bond acceptors (Lipinski definition) is 13. The fraction of sp³-hybridized carbons (Fsp3) is 0.465. The molecular weight excluding hydrogens is 823 g/mol. The SMILES string of the molecule is CCCCCCCCCCCCCCCCOc1cc(O)c(NS(=O)(=O)c2ccccc2S(=O)(=O)Nc2cc([N+](=O)[O-])ccc2N=Nc2ccc(O)c(N)n2)cc1C(C)(C)C. The summed E-state index contributed by atoms with van der Waals surface area (Å²) >= 11 is 0. The van der Waals surface area contributed by atoms with Crippen LogP contribution >= 0.6 is 0 Å². The lowest BCUT2D eigenvalue weighted by Gasteiger charge is -2.25. The van der Waals surface area contributed by atoms with Gasteiger partial charge in [-0.1, -0.05) is 123 Å². The van der Waals surface area contributed by atoms with Crippen LogP contribution in [0.25, 0.3) is 0 Å². The molecule has 0 saturated heterocycles. The Labute approximate surface area is 359 Å². The molecule has 0 aliphatic rings. The summed E-state index contributed by atoms with van der Waals surface area (Å²) in [6, 6.07) is 13.2. The van der Waals surface area contributed by atoms with Crippen LogP contribution in [0.2, 0.25) is 0 Å². The van der Waals surface area contributed by atoms with Crippen molar-refractivity contribution in [3.8, 4) is 17.2 Å². The number of sulfonamides is 2. The number of ether oxygens (including phenoxy) is 1. The van der Waals surface area contributed by atoms with Crippen LogP contribution in [0.5, 0.6) is 17.2 Å². The summed E-state index contributed by atoms with van der Waals surface area (Å²) in [5.74, 6) is -0.623. The van der Waals surface area contributed by atoms with Crippen molar-refractivity contribution in [3.05, 3.63) is 82.4 Å². The summed E-state index contributed by atoms with van der Waals surface area (Å²) in [6.45, 7) is 8.42. The lowest BCUT2D eigenvalue weighted by molar-refractivity contribution is -0.384. The molecule has 1 aromatic heterocycles. The number of non-ortho nitro benzene ring substituents is 1. The lowest BCUT2D eigenvalue weighted by Crippen LogP contribution is -2.21. The second kappa shape index (κ2) is 22.4. The highest BCUT2D eigenvalue weighted by atomic mass is 32.2. The van der Waals surface area contributed by atoms with Crippen molar-refractivity contribution in [2.75, 3.05) is 21.8 Å². The van der Waals surface area contributed by atoms with Crippen LogP contribution in [-0.4, -0.2) is 43.6 Å². The largest absolute Gasteiger partial charge is 0.506 e. The van der Waals surface area contributed by atoms with Gasteiger partial charge < -0.3 is 20.7 Å². The van der Waals surface area contributed by atoms with Gasteiger partial charge in [-0.25, -0.2) is 21.8 Å². The molecular formula is C43H59N7O9S2. The number of phenols is 1. The molecule has 61 heavy (non-hydrogen) atoms. The number of nitrogens with two attached hydrogens (primary N) is 1. The lowest BCUT2D eigenvalue weighted by atomic mass is 9.86. The molecule has 0 aliphatic heterocycles. The average Bonchev–Trinajstić information content (AvgIpc) is 3.20. The quantitative estimate of drug-likeness (QED) is 0.0138. The van der Waals surface area contributed by atoms with Gasteiger partial charge in [0, 0.05) is 23.8 Å². The van der Waals surface area contributed by atoms with Crippen molar-refractivity contribution >= 4 is 54.4 Å². The molecule has 6 N–H and O–H groups in total. The van der Waals surface area contributed by atoms with Crippen LogP contribution in [0.15, 0.2) is 86.7 Å². The molecule has 0 radical (unpaired) electrons. The third-order valence-electron chi connectivity index (χ3n) is 9.92. The maximum atomic E-state index is 14.0. The minimum absolute atomic E-state index is 0.0625. The zero-order chi connectivity index (χ0) is 44.6. The minimum atomic E-state index is -4.80. The molecule has 4 rings (SSSR count). The highest BCUT2D eigenvalue weighted by molar-refractivity contribution is 7.95. The number of azo groups is 1. The summed E-state index contributed by atoms with van der Waals surface area (Å²) in [6.07, 6.45) is 17.2. The Morgan fingerprint density at radius 3 is 1.79 bits per heavy atom. The molecule has 0 bridgehead atoms. The number of nitrogens with zero attached hydrogens (tertiary/aromatic N) is 4. The number of nitro benzene ring substituents is 1. The standard InChI is InChI=1S/C43H59N7O9S2/c1-5-6-7-8-9-10-11-12-13-14-15-16-17-20-27-59-38-30-37(52)35(29-32(38)43(2,3)4)49-61(57,58)40-22-19-18-21-39(40)60(55,56)48-34-28-31(50(53)54)23-24-33(34)46-47-41-26-25-36(51)42(44)45-41/h18-19,21-26,28-30,48-49,51-52H,5-17,20,27H2,1-4H3,(H2,44,45). The first kappa shape index (κ1) is 48.2. The first-order chi connectivity index (χ1) is 28.9. The van der Waals surface area contributed by atoms with E-state index in [1.165, 1.54) is 107 Å². The van der Waals surface area contributed by atoms with Crippen LogP contribution in [0.4, 0.5) is 34.4 Å². The Kier molecular flexibility index (Phi) is 17.7. The van der Waals surface area contributed by atoms with E-state index in [4.69, 9.17) is 10.5 Å². The van der Waals surface area contributed by atoms with Gasteiger partial charge in [0.15, 0.2) is 17.4 Å². The second-order valence-electron chi connectivity index (χ2n) is 16.0. The Morgan fingerprint density at radius 2 is 1.26 bits per heavy atom. The molecule has 332 valence electrons. The molecule has 1 heterocycles. The smallest absolute Gasteiger partial charge is 0.271 e. The third kappa shape index (κ3) is 14.6. The van der Waals surface area contributed by atoms with E-state index in [1.54, 1.807) is 0 Å². The topological polar surface area (TPSA) is 249 Å². The molecule has 0 spiro atoms. The molecule has 3 aromatic carbocycles. The van der Waals surface area contributed by atoms with Crippen molar-refractivity contribution in [1.82, 2.24) is 4.98 Å². The minimum Gasteiger partial charge on any atom is -0.506 e. The van der Waals surface area contributed by atoms with Crippen molar-refractivity contribution in [2.45, 2.75) is 133 Å². The molecule has 0 aliphatic carbocycles. The number of rotatable bonds is 25. The number of unbranched alkanes of at least 4 members (excludes halogenated alkanes) is 13. The number of nitro groups is 1. The Bertz CT molecular complexity index is 2350. The van der Waals surface area contributed by atoms with Crippen molar-refractivity contribution in [3.63, 3.8) is 0 Å². The van der Waals surface area contributed by atoms with Gasteiger partial charge in [0.2, 0.25) is 0 Å². The van der Waals surface area contributed by atoms with Crippen molar-refractivity contribution in [2.24, 2.45) is 10.2 Å². The highest BCUT2D eigenvalue weighted by Gasteiger charge is 2.30. The van der Waals surface area contributed by atoms with Gasteiger partial charge in [0.25, 0.3) is 25.7 Å². The predicted octanol–water partition coefficient (Wildman–Crippen LogP) is 11.2. The van der Waals surface area contributed by atoms with E-state index in [1.807, 2.05) is 20.8 Å². The molecule has 18 heteroatoms. The second-order valence-corrected chi connectivity index (χ2v) is 19.3. The maximum Gasteiger partial charge on any atom is 0.271 e. The van der Waals surface area contributed by atoms with E-state index in [-0.39, 0.29) is 28.8 Å². The van der Waals surface area contributed by atoms with Crippen LogP contribution in [0.1, 0.15) is 123 Å². The first-order valence-corrected chi connectivity index (χ1v) is 23.7. The first-order valence-electron chi connectivity index (χ1n) is 20.7.